The standard InChI is InChI=1S/C61H100O12/c1-4-7-10-13-16-19-22-24-25-26-27-28-29-31-33-35-38-41-44-47-53(62)69-50-52(71-54(63)48-45-42-39-36-32-21-18-15-12-9-6-3)51-70-61-59(57(66)56(65)58(73-61)60(67)68)72-55(64)49-46-43-40-37-34-30-23-20-17-14-11-8-5-2/h8,11,15-20,24-25,30,34,40,43,52,56-59,61,65-66H,4-7,9-10,12-14,21-23,26-29,31-33,35-39,41-42,44-51H2,1-3H3,(H,67,68)/b11-8-,18-15-,19-16-,20-17-,25-24-,34-30-,43-40-. The summed E-state index contributed by atoms with van der Waals surface area (Å²) in [6.07, 6.45) is 50.1. The molecule has 0 saturated carbocycles. The largest absolute Gasteiger partial charge is 0.479 e. The Morgan fingerprint density at radius 3 is 1.42 bits per heavy atom. The number of carboxylic acid groups (broad SMARTS) is 1. The smallest absolute Gasteiger partial charge is 0.335 e. The van der Waals surface area contributed by atoms with E-state index in [0.29, 0.717) is 25.7 Å². The fourth-order valence-corrected chi connectivity index (χ4v) is 8.04. The van der Waals surface area contributed by atoms with Gasteiger partial charge in [0.25, 0.3) is 0 Å². The van der Waals surface area contributed by atoms with Gasteiger partial charge in [-0.25, -0.2) is 4.79 Å². The number of hydrogen-bond donors (Lipinski definition) is 3. The summed E-state index contributed by atoms with van der Waals surface area (Å²) < 4.78 is 28.3. The summed E-state index contributed by atoms with van der Waals surface area (Å²) in [5.41, 5.74) is 0. The van der Waals surface area contributed by atoms with E-state index in [-0.39, 0.29) is 25.9 Å². The van der Waals surface area contributed by atoms with E-state index >= 15 is 0 Å². The highest BCUT2D eigenvalue weighted by Gasteiger charge is 2.50. The molecular formula is C61H100O12. The van der Waals surface area contributed by atoms with Gasteiger partial charge in [-0.1, -0.05) is 196 Å². The van der Waals surface area contributed by atoms with Crippen LogP contribution in [0.15, 0.2) is 85.1 Å². The predicted molar refractivity (Wildman–Crippen MR) is 294 cm³/mol. The first-order valence-corrected chi connectivity index (χ1v) is 28.6. The van der Waals surface area contributed by atoms with Gasteiger partial charge in [0.2, 0.25) is 0 Å². The maximum atomic E-state index is 13.1. The fourth-order valence-electron chi connectivity index (χ4n) is 8.04. The zero-order chi connectivity index (χ0) is 53.3. The number of aliphatic hydroxyl groups excluding tert-OH is 2. The summed E-state index contributed by atoms with van der Waals surface area (Å²) in [5.74, 6) is -3.25. The second-order valence-corrected chi connectivity index (χ2v) is 19.2. The van der Waals surface area contributed by atoms with Crippen molar-refractivity contribution in [1.29, 1.82) is 0 Å². The SMILES string of the molecule is CC/C=C\C/C=C\C/C=C\C/C=C\CCC(=O)OC1C(OCC(COC(=O)CCCCCCCCCCC/C=C\C/C=C\CCCCC)OC(=O)CCCCCCC/C=C\CCCC)OC(C(=O)O)C(O)C1O. The van der Waals surface area contributed by atoms with E-state index in [1.54, 1.807) is 0 Å². The van der Waals surface area contributed by atoms with E-state index in [0.717, 1.165) is 89.9 Å². The average molecular weight is 1030 g/mol. The van der Waals surface area contributed by atoms with Crippen molar-refractivity contribution in [2.24, 2.45) is 0 Å². The van der Waals surface area contributed by atoms with Gasteiger partial charge in [0.15, 0.2) is 24.6 Å². The molecule has 1 rings (SSSR count). The first-order valence-electron chi connectivity index (χ1n) is 28.6. The van der Waals surface area contributed by atoms with Gasteiger partial charge >= 0.3 is 23.9 Å². The van der Waals surface area contributed by atoms with E-state index in [1.165, 1.54) is 70.6 Å². The minimum atomic E-state index is -1.93. The number of esters is 3. The molecule has 0 amide bonds. The number of aliphatic carboxylic acids is 1. The maximum Gasteiger partial charge on any atom is 0.335 e. The van der Waals surface area contributed by atoms with Crippen molar-refractivity contribution in [1.82, 2.24) is 0 Å². The van der Waals surface area contributed by atoms with Crippen molar-refractivity contribution in [3.05, 3.63) is 85.1 Å². The normalized spacial score (nSPS) is 18.9. The van der Waals surface area contributed by atoms with E-state index < -0.39 is 67.3 Å². The van der Waals surface area contributed by atoms with E-state index in [9.17, 15) is 34.5 Å². The van der Waals surface area contributed by atoms with Crippen LogP contribution in [0.5, 0.6) is 0 Å². The first-order chi connectivity index (χ1) is 35.6. The fraction of sp³-hybridized carbons (Fsp3) is 0.705. The molecule has 6 unspecified atom stereocenters. The predicted octanol–water partition coefficient (Wildman–Crippen LogP) is 14.3. The molecule has 416 valence electrons. The first kappa shape index (κ1) is 66.9. The van der Waals surface area contributed by atoms with Gasteiger partial charge < -0.3 is 39.0 Å². The number of carbonyl (C=O) groups is 4. The molecule has 0 spiro atoms. The molecule has 1 fully saturated rings. The molecule has 0 radical (unpaired) electrons. The molecule has 0 aliphatic carbocycles. The van der Waals surface area contributed by atoms with Crippen LogP contribution in [0, 0.1) is 0 Å². The Hall–Kier alpha value is -4.10. The summed E-state index contributed by atoms with van der Waals surface area (Å²) in [5, 5.41) is 31.4. The molecule has 0 aromatic rings. The lowest BCUT2D eigenvalue weighted by Crippen LogP contribution is -2.61. The maximum absolute atomic E-state index is 13.1. The minimum absolute atomic E-state index is 0.0643. The third kappa shape index (κ3) is 39.0. The van der Waals surface area contributed by atoms with Gasteiger partial charge in [-0.2, -0.15) is 0 Å². The van der Waals surface area contributed by atoms with Crippen LogP contribution in [0.1, 0.15) is 226 Å². The summed E-state index contributed by atoms with van der Waals surface area (Å²) in [6.45, 7) is 5.75. The van der Waals surface area contributed by atoms with E-state index in [1.807, 2.05) is 18.2 Å². The van der Waals surface area contributed by atoms with Crippen LogP contribution < -0.4 is 0 Å². The third-order valence-electron chi connectivity index (χ3n) is 12.4. The molecule has 3 N–H and O–H groups in total. The van der Waals surface area contributed by atoms with Crippen molar-refractivity contribution < 1.29 is 58.2 Å². The van der Waals surface area contributed by atoms with E-state index in [4.69, 9.17) is 23.7 Å². The van der Waals surface area contributed by atoms with Crippen molar-refractivity contribution >= 4 is 23.9 Å². The quantitative estimate of drug-likeness (QED) is 0.0228. The molecule has 73 heavy (non-hydrogen) atoms. The van der Waals surface area contributed by atoms with Crippen molar-refractivity contribution in [2.75, 3.05) is 13.2 Å². The van der Waals surface area contributed by atoms with Crippen LogP contribution >= 0.6 is 0 Å². The van der Waals surface area contributed by atoms with Crippen molar-refractivity contribution in [2.45, 2.75) is 263 Å². The van der Waals surface area contributed by atoms with Gasteiger partial charge in [-0.3, -0.25) is 14.4 Å². The lowest BCUT2D eigenvalue weighted by Gasteiger charge is -2.40. The lowest BCUT2D eigenvalue weighted by atomic mass is 9.98. The molecule has 1 aliphatic rings. The van der Waals surface area contributed by atoms with Crippen molar-refractivity contribution in [3.63, 3.8) is 0 Å². The Bertz CT molecular complexity index is 1590. The summed E-state index contributed by atoms with van der Waals surface area (Å²) in [4.78, 5) is 50.9. The highest BCUT2D eigenvalue weighted by Crippen LogP contribution is 2.26. The summed E-state index contributed by atoms with van der Waals surface area (Å²) in [7, 11) is 0. The molecule has 12 nitrogen and oxygen atoms in total. The van der Waals surface area contributed by atoms with Crippen LogP contribution in [0.4, 0.5) is 0 Å². The summed E-state index contributed by atoms with van der Waals surface area (Å²) >= 11 is 0. The highest BCUT2D eigenvalue weighted by molar-refractivity contribution is 5.74. The van der Waals surface area contributed by atoms with E-state index in [2.05, 4.69) is 87.6 Å². The Morgan fingerprint density at radius 2 is 0.904 bits per heavy atom. The van der Waals surface area contributed by atoms with Gasteiger partial charge in [-0.15, -0.1) is 0 Å². The van der Waals surface area contributed by atoms with Crippen LogP contribution in [-0.4, -0.2) is 89.2 Å². The Labute approximate surface area is 441 Å². The monoisotopic (exact) mass is 1020 g/mol. The molecular weight excluding hydrogens is 925 g/mol. The number of hydrogen-bond acceptors (Lipinski definition) is 11. The zero-order valence-electron chi connectivity index (χ0n) is 45.6. The number of allylic oxidation sites excluding steroid dienone is 14. The second kappa shape index (κ2) is 48.8. The van der Waals surface area contributed by atoms with Gasteiger partial charge in [0.05, 0.1) is 6.61 Å². The molecule has 0 bridgehead atoms. The van der Waals surface area contributed by atoms with Crippen LogP contribution in [0.25, 0.3) is 0 Å². The molecule has 1 aliphatic heterocycles. The number of unbranched alkanes of at least 4 members (excludes halogenated alkanes) is 19. The number of rotatable bonds is 47. The van der Waals surface area contributed by atoms with Gasteiger partial charge in [-0.05, 0) is 96.3 Å². The minimum Gasteiger partial charge on any atom is -0.479 e. The number of carbonyl (C=O) groups excluding carboxylic acids is 3. The Balaban J connectivity index is 2.70. The molecule has 1 heterocycles. The third-order valence-corrected chi connectivity index (χ3v) is 12.4. The average Bonchev–Trinajstić information content (AvgIpc) is 3.37. The van der Waals surface area contributed by atoms with Crippen LogP contribution in [0.2, 0.25) is 0 Å². The Kier molecular flexibility index (Phi) is 44.7. The molecule has 0 aromatic carbocycles. The van der Waals surface area contributed by atoms with Gasteiger partial charge in [0, 0.05) is 19.3 Å². The lowest BCUT2D eigenvalue weighted by molar-refractivity contribution is -0.301. The molecule has 12 heteroatoms. The second-order valence-electron chi connectivity index (χ2n) is 19.2. The molecule has 6 atom stereocenters. The molecule has 0 aromatic heterocycles. The summed E-state index contributed by atoms with van der Waals surface area (Å²) in [6, 6.07) is 0. The van der Waals surface area contributed by atoms with Gasteiger partial charge in [0.1, 0.15) is 18.8 Å². The van der Waals surface area contributed by atoms with Crippen LogP contribution in [0.3, 0.4) is 0 Å². The zero-order valence-corrected chi connectivity index (χ0v) is 45.6. The number of ether oxygens (including phenoxy) is 5. The number of carboxylic acids is 1. The van der Waals surface area contributed by atoms with Crippen molar-refractivity contribution in [3.8, 4) is 0 Å². The topological polar surface area (TPSA) is 175 Å². The number of aliphatic hydroxyl groups is 2. The highest BCUT2D eigenvalue weighted by atomic mass is 16.7. The van der Waals surface area contributed by atoms with Crippen LogP contribution in [-0.2, 0) is 42.9 Å². The molecule has 1 saturated heterocycles. The Morgan fingerprint density at radius 1 is 0.466 bits per heavy atom.